The summed E-state index contributed by atoms with van der Waals surface area (Å²) in [4.78, 5) is 41.6. The van der Waals surface area contributed by atoms with Crippen LogP contribution in [-0.4, -0.2) is 41.6 Å². The van der Waals surface area contributed by atoms with Gasteiger partial charge in [0.1, 0.15) is 5.82 Å². The third kappa shape index (κ3) is 3.72. The highest BCUT2D eigenvalue weighted by Crippen LogP contribution is 2.20. The Morgan fingerprint density at radius 3 is 2.61 bits per heavy atom. The number of fused-ring (bicyclic) bond motifs is 1. The van der Waals surface area contributed by atoms with E-state index in [9.17, 15) is 18.8 Å². The standard InChI is InChI=1S/C20H20FN3O4/c1-23(2)17(12-5-4-6-14(21)9-12)11-24-18(25)15-8-7-13(19(26)28-3)10-16(15)22-20(24)27/h4-10,17H,11H2,1-3H3,(H,22,27). The van der Waals surface area contributed by atoms with Crippen LogP contribution in [0.15, 0.2) is 52.1 Å². The lowest BCUT2D eigenvalue weighted by Gasteiger charge is -2.25. The molecule has 0 aliphatic rings. The Labute approximate surface area is 160 Å². The fraction of sp³-hybridized carbons (Fsp3) is 0.250. The maximum absolute atomic E-state index is 13.6. The van der Waals surface area contributed by atoms with Crippen LogP contribution >= 0.6 is 0 Å². The minimum Gasteiger partial charge on any atom is -0.465 e. The average molecular weight is 385 g/mol. The molecule has 0 saturated heterocycles. The first-order valence-electron chi connectivity index (χ1n) is 8.59. The largest absolute Gasteiger partial charge is 0.465 e. The summed E-state index contributed by atoms with van der Waals surface area (Å²) in [5.41, 5.74) is 0.0358. The molecule has 8 heteroatoms. The zero-order valence-corrected chi connectivity index (χ0v) is 15.7. The normalized spacial score (nSPS) is 12.3. The lowest BCUT2D eigenvalue weighted by molar-refractivity contribution is 0.0601. The van der Waals surface area contributed by atoms with Gasteiger partial charge in [-0.05, 0) is 50.0 Å². The topological polar surface area (TPSA) is 84.4 Å². The fourth-order valence-corrected chi connectivity index (χ4v) is 3.12. The molecule has 0 spiro atoms. The number of likely N-dealkylation sites (N-methyl/N-ethyl adjacent to an activating group) is 1. The number of H-pyrrole nitrogens is 1. The number of rotatable bonds is 5. The third-order valence-electron chi connectivity index (χ3n) is 4.62. The van der Waals surface area contributed by atoms with Crippen molar-refractivity contribution in [2.24, 2.45) is 0 Å². The molecule has 1 aromatic heterocycles. The van der Waals surface area contributed by atoms with Gasteiger partial charge in [0, 0.05) is 0 Å². The van der Waals surface area contributed by atoms with Gasteiger partial charge in [0.15, 0.2) is 0 Å². The number of nitrogens with zero attached hydrogens (tertiary/aromatic N) is 2. The van der Waals surface area contributed by atoms with Gasteiger partial charge in [-0.2, -0.15) is 0 Å². The zero-order valence-electron chi connectivity index (χ0n) is 15.7. The van der Waals surface area contributed by atoms with Crippen molar-refractivity contribution in [2.75, 3.05) is 21.2 Å². The van der Waals surface area contributed by atoms with Crippen LogP contribution in [0.25, 0.3) is 10.9 Å². The molecule has 1 unspecified atom stereocenters. The quantitative estimate of drug-likeness (QED) is 0.679. The van der Waals surface area contributed by atoms with Crippen molar-refractivity contribution in [3.63, 3.8) is 0 Å². The molecule has 0 saturated carbocycles. The molecule has 0 aliphatic heterocycles. The molecule has 1 N–H and O–H groups in total. The molecule has 0 bridgehead atoms. The Morgan fingerprint density at radius 1 is 1.21 bits per heavy atom. The van der Waals surface area contributed by atoms with E-state index in [-0.39, 0.29) is 34.9 Å². The summed E-state index contributed by atoms with van der Waals surface area (Å²) in [6.45, 7) is 0.0410. The predicted molar refractivity (Wildman–Crippen MR) is 103 cm³/mol. The van der Waals surface area contributed by atoms with E-state index in [4.69, 9.17) is 0 Å². The summed E-state index contributed by atoms with van der Waals surface area (Å²) >= 11 is 0. The summed E-state index contributed by atoms with van der Waals surface area (Å²) in [5, 5.41) is 0.268. The molecule has 0 aliphatic carbocycles. The average Bonchev–Trinajstić information content (AvgIpc) is 2.66. The number of carbonyl (C=O) groups is 1. The number of hydrogen-bond donors (Lipinski definition) is 1. The minimum absolute atomic E-state index is 0.0410. The monoisotopic (exact) mass is 385 g/mol. The zero-order chi connectivity index (χ0) is 20.4. The molecule has 1 heterocycles. The number of nitrogens with one attached hydrogen (secondary N) is 1. The van der Waals surface area contributed by atoms with Crippen LogP contribution in [0.5, 0.6) is 0 Å². The molecular weight excluding hydrogens is 365 g/mol. The van der Waals surface area contributed by atoms with Crippen molar-refractivity contribution < 1.29 is 13.9 Å². The van der Waals surface area contributed by atoms with E-state index in [1.54, 1.807) is 26.2 Å². The van der Waals surface area contributed by atoms with Crippen LogP contribution in [0.2, 0.25) is 0 Å². The number of aromatic amines is 1. The molecule has 7 nitrogen and oxygen atoms in total. The lowest BCUT2D eigenvalue weighted by Crippen LogP contribution is -2.39. The minimum atomic E-state index is -0.609. The maximum Gasteiger partial charge on any atom is 0.337 e. The van der Waals surface area contributed by atoms with Crippen molar-refractivity contribution >= 4 is 16.9 Å². The van der Waals surface area contributed by atoms with Gasteiger partial charge in [-0.15, -0.1) is 0 Å². The van der Waals surface area contributed by atoms with Crippen LogP contribution in [0.4, 0.5) is 4.39 Å². The van der Waals surface area contributed by atoms with Gasteiger partial charge >= 0.3 is 11.7 Å². The van der Waals surface area contributed by atoms with Gasteiger partial charge in [-0.1, -0.05) is 12.1 Å². The highest BCUT2D eigenvalue weighted by atomic mass is 19.1. The van der Waals surface area contributed by atoms with Gasteiger partial charge < -0.3 is 14.6 Å². The van der Waals surface area contributed by atoms with Crippen molar-refractivity contribution in [3.05, 3.63) is 80.2 Å². The first-order valence-corrected chi connectivity index (χ1v) is 8.59. The third-order valence-corrected chi connectivity index (χ3v) is 4.62. The second-order valence-electron chi connectivity index (χ2n) is 6.63. The van der Waals surface area contributed by atoms with E-state index in [2.05, 4.69) is 9.72 Å². The van der Waals surface area contributed by atoms with Crippen LogP contribution in [0.3, 0.4) is 0 Å². The molecule has 3 rings (SSSR count). The summed E-state index contributed by atoms with van der Waals surface area (Å²) in [7, 11) is 4.83. The molecule has 28 heavy (non-hydrogen) atoms. The fourth-order valence-electron chi connectivity index (χ4n) is 3.12. The first kappa shape index (κ1) is 19.5. The molecule has 0 amide bonds. The maximum atomic E-state index is 13.6. The number of esters is 1. The van der Waals surface area contributed by atoms with Gasteiger partial charge in [0.25, 0.3) is 5.56 Å². The SMILES string of the molecule is COC(=O)c1ccc2c(=O)n(CC(c3cccc(F)c3)N(C)C)c(=O)[nH]c2c1. The summed E-state index contributed by atoms with van der Waals surface area (Å²) in [5.74, 6) is -0.954. The highest BCUT2D eigenvalue weighted by molar-refractivity contribution is 5.93. The van der Waals surface area contributed by atoms with Crippen LogP contribution < -0.4 is 11.2 Å². The van der Waals surface area contributed by atoms with Crippen molar-refractivity contribution in [1.82, 2.24) is 14.5 Å². The van der Waals surface area contributed by atoms with Gasteiger partial charge in [0.2, 0.25) is 0 Å². The molecule has 1 atom stereocenters. The van der Waals surface area contributed by atoms with Crippen molar-refractivity contribution in [3.8, 4) is 0 Å². The van der Waals surface area contributed by atoms with E-state index >= 15 is 0 Å². The number of hydrogen-bond acceptors (Lipinski definition) is 5. The molecular formula is C20H20FN3O4. The molecule has 2 aromatic carbocycles. The second-order valence-corrected chi connectivity index (χ2v) is 6.63. The van der Waals surface area contributed by atoms with E-state index in [1.165, 1.54) is 37.4 Å². The lowest BCUT2D eigenvalue weighted by atomic mass is 10.1. The second kappa shape index (κ2) is 7.77. The summed E-state index contributed by atoms with van der Waals surface area (Å²) in [6, 6.07) is 10.0. The predicted octanol–water partition coefficient (Wildman–Crippen LogP) is 1.92. The number of aromatic nitrogens is 2. The van der Waals surface area contributed by atoms with Gasteiger partial charge in [0.05, 0.1) is 36.2 Å². The first-order chi connectivity index (χ1) is 13.3. The van der Waals surface area contributed by atoms with Crippen LogP contribution in [0.1, 0.15) is 22.0 Å². The molecule has 0 fully saturated rings. The van der Waals surface area contributed by atoms with E-state index < -0.39 is 17.2 Å². The highest BCUT2D eigenvalue weighted by Gasteiger charge is 2.19. The Balaban J connectivity index is 2.08. The molecule has 3 aromatic rings. The van der Waals surface area contributed by atoms with E-state index in [0.717, 1.165) is 4.57 Å². The van der Waals surface area contributed by atoms with Crippen molar-refractivity contribution in [2.45, 2.75) is 12.6 Å². The number of benzene rings is 2. The van der Waals surface area contributed by atoms with Gasteiger partial charge in [-0.3, -0.25) is 9.36 Å². The van der Waals surface area contributed by atoms with E-state index in [1.807, 2.05) is 4.90 Å². The van der Waals surface area contributed by atoms with Crippen LogP contribution in [-0.2, 0) is 11.3 Å². The Kier molecular flexibility index (Phi) is 5.41. The number of halogens is 1. The van der Waals surface area contributed by atoms with E-state index in [0.29, 0.717) is 5.56 Å². The Morgan fingerprint density at radius 2 is 1.96 bits per heavy atom. The van der Waals surface area contributed by atoms with Crippen LogP contribution in [0, 0.1) is 5.82 Å². The summed E-state index contributed by atoms with van der Waals surface area (Å²) < 4.78 is 19.4. The smallest absolute Gasteiger partial charge is 0.337 e. The Bertz CT molecular complexity index is 1150. The Hall–Kier alpha value is -3.26. The summed E-state index contributed by atoms with van der Waals surface area (Å²) in [6.07, 6.45) is 0. The number of ether oxygens (including phenoxy) is 1. The number of carbonyl (C=O) groups excluding carboxylic acids is 1. The molecule has 0 radical (unpaired) electrons. The van der Waals surface area contributed by atoms with Gasteiger partial charge in [-0.25, -0.2) is 14.0 Å². The van der Waals surface area contributed by atoms with Crippen molar-refractivity contribution in [1.29, 1.82) is 0 Å². The molecule has 146 valence electrons. The number of methoxy groups -OCH3 is 1.